The first kappa shape index (κ1) is 16.0. The molecule has 2 N–H and O–H groups in total. The summed E-state index contributed by atoms with van der Waals surface area (Å²) in [6.45, 7) is 5.67. The van der Waals surface area contributed by atoms with E-state index in [-0.39, 0.29) is 0 Å². The Morgan fingerprint density at radius 3 is 2.71 bits per heavy atom. The van der Waals surface area contributed by atoms with Gasteiger partial charge < -0.3 is 5.32 Å². The molecule has 6 heteroatoms. The smallest absolute Gasteiger partial charge is 0.271 e. The summed E-state index contributed by atoms with van der Waals surface area (Å²) < 4.78 is 27.6. The monoisotopic (exact) mass is 324 g/mol. The van der Waals surface area contributed by atoms with E-state index in [2.05, 4.69) is 17.0 Å². The number of thiophene rings is 1. The van der Waals surface area contributed by atoms with Crippen LogP contribution < -0.4 is 10.0 Å². The first-order valence-electron chi connectivity index (χ1n) is 6.90. The maximum atomic E-state index is 12.3. The lowest BCUT2D eigenvalue weighted by Crippen LogP contribution is -2.13. The Hall–Kier alpha value is -1.37. The molecule has 0 amide bonds. The highest BCUT2D eigenvalue weighted by atomic mass is 32.2. The van der Waals surface area contributed by atoms with Crippen molar-refractivity contribution >= 4 is 27.0 Å². The van der Waals surface area contributed by atoms with Crippen LogP contribution in [0.5, 0.6) is 0 Å². The molecule has 2 rings (SSSR count). The standard InChI is InChI=1S/C15H20N2O2S2/c1-3-9-16-11-14-7-8-15(20-14)21(18,19)17-13-6-4-5-12(2)10-13/h4-8,10,16-17H,3,9,11H2,1-2H3. The number of nitrogens with one attached hydrogen (secondary N) is 2. The van der Waals surface area contributed by atoms with Crippen molar-refractivity contribution < 1.29 is 8.42 Å². The Labute approximate surface area is 130 Å². The molecular weight excluding hydrogens is 304 g/mol. The predicted octanol–water partition coefficient (Wildman–Crippen LogP) is 3.36. The van der Waals surface area contributed by atoms with Crippen molar-refractivity contribution in [3.63, 3.8) is 0 Å². The molecule has 0 saturated carbocycles. The third kappa shape index (κ3) is 4.56. The second-order valence-corrected chi connectivity index (χ2v) is 7.95. The maximum Gasteiger partial charge on any atom is 0.271 e. The fourth-order valence-corrected chi connectivity index (χ4v) is 4.27. The minimum absolute atomic E-state index is 0.345. The van der Waals surface area contributed by atoms with Gasteiger partial charge >= 0.3 is 0 Å². The number of aryl methyl sites for hydroxylation is 1. The van der Waals surface area contributed by atoms with Gasteiger partial charge in [0.2, 0.25) is 0 Å². The number of benzene rings is 1. The first-order chi connectivity index (χ1) is 10.0. The molecule has 21 heavy (non-hydrogen) atoms. The molecule has 0 aliphatic carbocycles. The Morgan fingerprint density at radius 2 is 2.00 bits per heavy atom. The molecule has 0 spiro atoms. The molecule has 0 radical (unpaired) electrons. The van der Waals surface area contributed by atoms with Crippen LogP contribution in [0, 0.1) is 6.92 Å². The van der Waals surface area contributed by atoms with Gasteiger partial charge in [0.1, 0.15) is 4.21 Å². The third-order valence-electron chi connectivity index (χ3n) is 2.90. The number of hydrogen-bond donors (Lipinski definition) is 2. The van der Waals surface area contributed by atoms with Crippen molar-refractivity contribution in [2.75, 3.05) is 11.3 Å². The highest BCUT2D eigenvalue weighted by Gasteiger charge is 2.16. The molecule has 0 unspecified atom stereocenters. The first-order valence-corrected chi connectivity index (χ1v) is 9.20. The van der Waals surface area contributed by atoms with Crippen LogP contribution in [0.2, 0.25) is 0 Å². The highest BCUT2D eigenvalue weighted by Crippen LogP contribution is 2.24. The molecule has 1 aromatic heterocycles. The minimum Gasteiger partial charge on any atom is -0.312 e. The van der Waals surface area contributed by atoms with E-state index in [1.165, 1.54) is 11.3 Å². The molecule has 2 aromatic rings. The molecule has 0 aliphatic heterocycles. The summed E-state index contributed by atoms with van der Waals surface area (Å²) >= 11 is 1.30. The van der Waals surface area contributed by atoms with Crippen LogP contribution in [0.15, 0.2) is 40.6 Å². The molecule has 1 heterocycles. The van der Waals surface area contributed by atoms with Crippen LogP contribution in [0.1, 0.15) is 23.8 Å². The van der Waals surface area contributed by atoms with Crippen molar-refractivity contribution in [1.29, 1.82) is 0 Å². The summed E-state index contributed by atoms with van der Waals surface area (Å²) in [4.78, 5) is 1.02. The summed E-state index contributed by atoms with van der Waals surface area (Å²) in [7, 11) is -3.50. The lowest BCUT2D eigenvalue weighted by Gasteiger charge is -2.06. The van der Waals surface area contributed by atoms with Gasteiger partial charge in [-0.1, -0.05) is 19.1 Å². The van der Waals surface area contributed by atoms with Crippen LogP contribution in [0.4, 0.5) is 5.69 Å². The summed E-state index contributed by atoms with van der Waals surface area (Å²) in [6.07, 6.45) is 1.06. The predicted molar refractivity (Wildman–Crippen MR) is 88.3 cm³/mol. The minimum atomic E-state index is -3.50. The summed E-state index contributed by atoms with van der Waals surface area (Å²) in [5, 5.41) is 3.27. The Kier molecular flexibility index (Phi) is 5.39. The quantitative estimate of drug-likeness (QED) is 0.768. The summed E-state index contributed by atoms with van der Waals surface area (Å²) in [6, 6.07) is 10.8. The highest BCUT2D eigenvalue weighted by molar-refractivity contribution is 7.94. The van der Waals surface area contributed by atoms with Gasteiger partial charge in [-0.3, -0.25) is 4.72 Å². The molecular formula is C15H20N2O2S2. The molecule has 0 fully saturated rings. The van der Waals surface area contributed by atoms with Crippen molar-refractivity contribution in [1.82, 2.24) is 5.32 Å². The molecule has 0 bridgehead atoms. The van der Waals surface area contributed by atoms with E-state index in [0.717, 1.165) is 23.4 Å². The number of rotatable bonds is 7. The number of sulfonamides is 1. The fourth-order valence-electron chi connectivity index (χ4n) is 1.90. The van der Waals surface area contributed by atoms with E-state index in [1.54, 1.807) is 12.1 Å². The van der Waals surface area contributed by atoms with Gasteiger partial charge in [0.05, 0.1) is 0 Å². The second-order valence-electron chi connectivity index (χ2n) is 4.87. The van der Waals surface area contributed by atoms with E-state index in [1.807, 2.05) is 31.2 Å². The summed E-state index contributed by atoms with van der Waals surface area (Å²) in [5.41, 5.74) is 1.61. The summed E-state index contributed by atoms with van der Waals surface area (Å²) in [5.74, 6) is 0. The van der Waals surface area contributed by atoms with Crippen molar-refractivity contribution in [3.8, 4) is 0 Å². The van der Waals surface area contributed by atoms with E-state index < -0.39 is 10.0 Å². The third-order valence-corrected chi connectivity index (χ3v) is 5.86. The lowest BCUT2D eigenvalue weighted by molar-refractivity contribution is 0.603. The van der Waals surface area contributed by atoms with Crippen LogP contribution in [-0.4, -0.2) is 15.0 Å². The van der Waals surface area contributed by atoms with Crippen LogP contribution in [0.25, 0.3) is 0 Å². The Balaban J connectivity index is 2.09. The van der Waals surface area contributed by atoms with E-state index >= 15 is 0 Å². The molecule has 0 aliphatic rings. The topological polar surface area (TPSA) is 58.2 Å². The van der Waals surface area contributed by atoms with E-state index in [0.29, 0.717) is 16.4 Å². The van der Waals surface area contributed by atoms with Gasteiger partial charge in [-0.2, -0.15) is 0 Å². The zero-order valence-corrected chi connectivity index (χ0v) is 13.9. The van der Waals surface area contributed by atoms with Gasteiger partial charge in [0.25, 0.3) is 10.0 Å². The average Bonchev–Trinajstić information content (AvgIpc) is 2.88. The SMILES string of the molecule is CCCNCc1ccc(S(=O)(=O)Nc2cccc(C)c2)s1. The molecule has 1 aromatic carbocycles. The van der Waals surface area contributed by atoms with Crippen molar-refractivity contribution in [3.05, 3.63) is 46.8 Å². The van der Waals surface area contributed by atoms with E-state index in [4.69, 9.17) is 0 Å². The van der Waals surface area contributed by atoms with E-state index in [9.17, 15) is 8.42 Å². The van der Waals surface area contributed by atoms with Crippen LogP contribution >= 0.6 is 11.3 Å². The fraction of sp³-hybridized carbons (Fsp3) is 0.333. The lowest BCUT2D eigenvalue weighted by atomic mass is 10.2. The molecule has 0 saturated heterocycles. The average molecular weight is 324 g/mol. The van der Waals surface area contributed by atoms with Gasteiger partial charge in [0.15, 0.2) is 0 Å². The van der Waals surface area contributed by atoms with Gasteiger partial charge in [-0.05, 0) is 49.7 Å². The maximum absolute atomic E-state index is 12.3. The molecule has 114 valence electrons. The molecule has 0 atom stereocenters. The van der Waals surface area contributed by atoms with Crippen LogP contribution in [-0.2, 0) is 16.6 Å². The zero-order chi connectivity index (χ0) is 15.3. The van der Waals surface area contributed by atoms with Gasteiger partial charge in [0, 0.05) is 17.1 Å². The Bertz CT molecular complexity index is 693. The van der Waals surface area contributed by atoms with Crippen molar-refractivity contribution in [2.45, 2.75) is 31.0 Å². The Morgan fingerprint density at radius 1 is 1.19 bits per heavy atom. The van der Waals surface area contributed by atoms with Gasteiger partial charge in [-0.15, -0.1) is 11.3 Å². The number of hydrogen-bond acceptors (Lipinski definition) is 4. The normalized spacial score (nSPS) is 11.5. The number of anilines is 1. The van der Waals surface area contributed by atoms with Gasteiger partial charge in [-0.25, -0.2) is 8.42 Å². The second kappa shape index (κ2) is 7.06. The molecule has 4 nitrogen and oxygen atoms in total. The zero-order valence-electron chi connectivity index (χ0n) is 12.2. The van der Waals surface area contributed by atoms with Crippen LogP contribution in [0.3, 0.4) is 0 Å². The largest absolute Gasteiger partial charge is 0.312 e. The van der Waals surface area contributed by atoms with Crippen molar-refractivity contribution in [2.24, 2.45) is 0 Å².